The zero-order chi connectivity index (χ0) is 14.4. The lowest BCUT2D eigenvalue weighted by atomic mass is 10.0. The van der Waals surface area contributed by atoms with Gasteiger partial charge in [0.05, 0.1) is 0 Å². The number of ketones is 1. The number of carbonyl (C=O) groups excluding carboxylic acids is 2. The quantitative estimate of drug-likeness (QED) is 0.789. The number of hydrogen-bond donors (Lipinski definition) is 1. The van der Waals surface area contributed by atoms with E-state index in [4.69, 9.17) is 0 Å². The van der Waals surface area contributed by atoms with Gasteiger partial charge in [0.1, 0.15) is 0 Å². The highest BCUT2D eigenvalue weighted by Gasteiger charge is 2.10. The van der Waals surface area contributed by atoms with E-state index in [1.54, 1.807) is 24.3 Å². The van der Waals surface area contributed by atoms with Gasteiger partial charge in [0.2, 0.25) is 5.91 Å². The van der Waals surface area contributed by atoms with Crippen LogP contribution < -0.4 is 5.32 Å². The first-order valence-corrected chi connectivity index (χ1v) is 6.84. The van der Waals surface area contributed by atoms with Gasteiger partial charge in [-0.25, -0.2) is 0 Å². The molecule has 1 aromatic carbocycles. The Kier molecular flexibility index (Phi) is 5.74. The van der Waals surface area contributed by atoms with Gasteiger partial charge in [-0.2, -0.15) is 0 Å². The Labute approximate surface area is 115 Å². The summed E-state index contributed by atoms with van der Waals surface area (Å²) in [6.45, 7) is 7.95. The Morgan fingerprint density at radius 3 is 2.11 bits per heavy atom. The Morgan fingerprint density at radius 2 is 1.63 bits per heavy atom. The second-order valence-electron chi connectivity index (χ2n) is 5.58. The molecule has 0 aliphatic rings. The fraction of sp³-hybridized carbons (Fsp3) is 0.500. The summed E-state index contributed by atoms with van der Waals surface area (Å²) >= 11 is 0. The molecule has 0 heterocycles. The predicted octanol–water partition coefficient (Wildman–Crippen LogP) is 3.90. The van der Waals surface area contributed by atoms with Gasteiger partial charge in [-0.15, -0.1) is 0 Å². The van der Waals surface area contributed by atoms with Crippen LogP contribution in [-0.4, -0.2) is 11.7 Å². The van der Waals surface area contributed by atoms with Crippen molar-refractivity contribution in [2.45, 2.75) is 40.5 Å². The molecule has 3 nitrogen and oxygen atoms in total. The number of rotatable bonds is 6. The Balaban J connectivity index is 2.57. The van der Waals surface area contributed by atoms with Gasteiger partial charge in [-0.05, 0) is 36.6 Å². The molecule has 0 aliphatic heterocycles. The van der Waals surface area contributed by atoms with E-state index in [9.17, 15) is 9.59 Å². The van der Waals surface area contributed by atoms with Crippen LogP contribution in [0.25, 0.3) is 0 Å². The number of benzene rings is 1. The summed E-state index contributed by atoms with van der Waals surface area (Å²) in [5.74, 6) is 0.664. The molecule has 1 aromatic rings. The van der Waals surface area contributed by atoms with E-state index in [0.29, 0.717) is 17.9 Å². The summed E-state index contributed by atoms with van der Waals surface area (Å²) in [6.07, 6.45) is 1.42. The SMILES string of the molecule is CC(C)CCC(=O)Nc1ccc(C(=O)C(C)C)cc1. The molecule has 0 bridgehead atoms. The minimum Gasteiger partial charge on any atom is -0.326 e. The molecule has 0 saturated carbocycles. The Bertz CT molecular complexity index is 433. The van der Waals surface area contributed by atoms with Gasteiger partial charge < -0.3 is 5.32 Å². The molecule has 0 aromatic heterocycles. The molecule has 1 amide bonds. The molecule has 19 heavy (non-hydrogen) atoms. The fourth-order valence-corrected chi connectivity index (χ4v) is 1.69. The molecular formula is C16H23NO2. The van der Waals surface area contributed by atoms with Crippen LogP contribution in [0.1, 0.15) is 50.9 Å². The van der Waals surface area contributed by atoms with Crippen molar-refractivity contribution in [2.24, 2.45) is 11.8 Å². The molecule has 0 saturated heterocycles. The van der Waals surface area contributed by atoms with Gasteiger partial charge >= 0.3 is 0 Å². The van der Waals surface area contributed by atoms with Crippen molar-refractivity contribution in [3.8, 4) is 0 Å². The zero-order valence-corrected chi connectivity index (χ0v) is 12.2. The minimum atomic E-state index is -0.00789. The van der Waals surface area contributed by atoms with Crippen LogP contribution >= 0.6 is 0 Å². The molecule has 0 aliphatic carbocycles. The molecule has 0 spiro atoms. The van der Waals surface area contributed by atoms with E-state index in [1.807, 2.05) is 13.8 Å². The maximum Gasteiger partial charge on any atom is 0.224 e. The summed E-state index contributed by atoms with van der Waals surface area (Å²) in [5.41, 5.74) is 1.43. The van der Waals surface area contributed by atoms with Gasteiger partial charge in [0.25, 0.3) is 0 Å². The monoisotopic (exact) mass is 261 g/mol. The van der Waals surface area contributed by atoms with Crippen LogP contribution in [0.5, 0.6) is 0 Å². The van der Waals surface area contributed by atoms with Gasteiger partial charge in [0, 0.05) is 23.6 Å². The third-order valence-corrected chi connectivity index (χ3v) is 2.93. The molecular weight excluding hydrogens is 238 g/mol. The van der Waals surface area contributed by atoms with E-state index in [0.717, 1.165) is 12.1 Å². The maximum absolute atomic E-state index is 11.8. The van der Waals surface area contributed by atoms with Crippen molar-refractivity contribution in [1.29, 1.82) is 0 Å². The zero-order valence-electron chi connectivity index (χ0n) is 12.2. The van der Waals surface area contributed by atoms with Crippen LogP contribution in [0.2, 0.25) is 0 Å². The molecule has 0 radical (unpaired) electrons. The molecule has 0 fully saturated rings. The van der Waals surface area contributed by atoms with Crippen LogP contribution in [0.3, 0.4) is 0 Å². The average Bonchev–Trinajstić information content (AvgIpc) is 2.36. The van der Waals surface area contributed by atoms with Crippen LogP contribution in [0.4, 0.5) is 5.69 Å². The first-order valence-electron chi connectivity index (χ1n) is 6.84. The van der Waals surface area contributed by atoms with Crippen molar-refractivity contribution in [1.82, 2.24) is 0 Å². The third-order valence-electron chi connectivity index (χ3n) is 2.93. The summed E-state index contributed by atoms with van der Waals surface area (Å²) in [5, 5.41) is 2.84. The molecule has 1 N–H and O–H groups in total. The lowest BCUT2D eigenvalue weighted by molar-refractivity contribution is -0.116. The Morgan fingerprint density at radius 1 is 1.05 bits per heavy atom. The van der Waals surface area contributed by atoms with E-state index in [-0.39, 0.29) is 17.6 Å². The largest absolute Gasteiger partial charge is 0.326 e. The van der Waals surface area contributed by atoms with Crippen LogP contribution in [0, 0.1) is 11.8 Å². The number of amides is 1. The number of Topliss-reactive ketones (excluding diaryl/α,β-unsaturated/α-hetero) is 1. The normalized spacial score (nSPS) is 10.8. The summed E-state index contributed by atoms with van der Waals surface area (Å²) in [7, 11) is 0. The summed E-state index contributed by atoms with van der Waals surface area (Å²) in [4.78, 5) is 23.4. The van der Waals surface area contributed by atoms with Crippen LogP contribution in [-0.2, 0) is 4.79 Å². The van der Waals surface area contributed by atoms with Gasteiger partial charge in [-0.3, -0.25) is 9.59 Å². The fourth-order valence-electron chi connectivity index (χ4n) is 1.69. The van der Waals surface area contributed by atoms with Crippen molar-refractivity contribution in [3.05, 3.63) is 29.8 Å². The number of carbonyl (C=O) groups is 2. The third kappa shape index (κ3) is 5.25. The number of nitrogens with one attached hydrogen (secondary N) is 1. The first-order chi connectivity index (χ1) is 8.90. The first kappa shape index (κ1) is 15.4. The van der Waals surface area contributed by atoms with E-state index in [2.05, 4.69) is 19.2 Å². The maximum atomic E-state index is 11.8. The summed E-state index contributed by atoms with van der Waals surface area (Å²) in [6, 6.07) is 7.09. The number of anilines is 1. The van der Waals surface area contributed by atoms with Gasteiger partial charge in [-0.1, -0.05) is 27.7 Å². The van der Waals surface area contributed by atoms with Crippen molar-refractivity contribution in [3.63, 3.8) is 0 Å². The van der Waals surface area contributed by atoms with E-state index in [1.165, 1.54) is 0 Å². The van der Waals surface area contributed by atoms with E-state index < -0.39 is 0 Å². The average molecular weight is 261 g/mol. The molecule has 1 rings (SSSR count). The lowest BCUT2D eigenvalue weighted by Gasteiger charge is -2.08. The smallest absolute Gasteiger partial charge is 0.224 e. The summed E-state index contributed by atoms with van der Waals surface area (Å²) < 4.78 is 0. The minimum absolute atomic E-state index is 0.00789. The van der Waals surface area contributed by atoms with Gasteiger partial charge in [0.15, 0.2) is 5.78 Å². The van der Waals surface area contributed by atoms with Crippen LogP contribution in [0.15, 0.2) is 24.3 Å². The topological polar surface area (TPSA) is 46.2 Å². The predicted molar refractivity (Wildman–Crippen MR) is 78.3 cm³/mol. The highest BCUT2D eigenvalue weighted by atomic mass is 16.1. The molecule has 0 unspecified atom stereocenters. The van der Waals surface area contributed by atoms with Crippen molar-refractivity contribution >= 4 is 17.4 Å². The van der Waals surface area contributed by atoms with Crippen molar-refractivity contribution < 1.29 is 9.59 Å². The van der Waals surface area contributed by atoms with Crippen molar-refractivity contribution in [2.75, 3.05) is 5.32 Å². The Hall–Kier alpha value is -1.64. The standard InChI is InChI=1S/C16H23NO2/c1-11(2)5-10-15(18)17-14-8-6-13(7-9-14)16(19)12(3)4/h6-9,11-12H,5,10H2,1-4H3,(H,17,18). The molecule has 104 valence electrons. The highest BCUT2D eigenvalue weighted by Crippen LogP contribution is 2.14. The lowest BCUT2D eigenvalue weighted by Crippen LogP contribution is -2.12. The second kappa shape index (κ2) is 7.07. The highest BCUT2D eigenvalue weighted by molar-refractivity contribution is 5.98. The second-order valence-corrected chi connectivity index (χ2v) is 5.58. The number of hydrogen-bond acceptors (Lipinski definition) is 2. The molecule has 0 atom stereocenters. The van der Waals surface area contributed by atoms with E-state index >= 15 is 0 Å². The molecule has 3 heteroatoms.